The predicted molar refractivity (Wildman–Crippen MR) is 75.3 cm³/mol. The van der Waals surface area contributed by atoms with Crippen LogP contribution in [-0.4, -0.2) is 16.2 Å². The van der Waals surface area contributed by atoms with Crippen LogP contribution in [0.4, 0.5) is 0 Å². The topological polar surface area (TPSA) is 56.0 Å². The lowest BCUT2D eigenvalue weighted by Gasteiger charge is -2.02. The predicted octanol–water partition coefficient (Wildman–Crippen LogP) is 2.97. The van der Waals surface area contributed by atoms with Crippen LogP contribution < -0.4 is 5.43 Å². The third-order valence-electron chi connectivity index (χ3n) is 2.77. The average Bonchev–Trinajstić information content (AvgIpc) is 2.48. The number of aromatic nitrogens is 2. The SMILES string of the molecule is CSc1nccc(-c2coc3ccccc3c2=O)n1. The third-order valence-corrected chi connectivity index (χ3v) is 3.33. The largest absolute Gasteiger partial charge is 0.463 e. The standard InChI is InChI=1S/C14H10N2O2S/c1-19-14-15-7-6-11(16-14)10-8-18-12-5-3-2-4-9(12)13(10)17/h2-8H,1H3. The minimum Gasteiger partial charge on any atom is -0.463 e. The molecule has 0 unspecified atom stereocenters. The molecule has 19 heavy (non-hydrogen) atoms. The summed E-state index contributed by atoms with van der Waals surface area (Å²) in [6.45, 7) is 0. The first kappa shape index (κ1) is 11.9. The molecule has 0 aliphatic heterocycles. The van der Waals surface area contributed by atoms with Gasteiger partial charge in [0.15, 0.2) is 5.16 Å². The Morgan fingerprint density at radius 3 is 2.89 bits per heavy atom. The van der Waals surface area contributed by atoms with Crippen LogP contribution in [0.1, 0.15) is 0 Å². The number of benzene rings is 1. The van der Waals surface area contributed by atoms with Gasteiger partial charge < -0.3 is 4.42 Å². The molecule has 0 atom stereocenters. The van der Waals surface area contributed by atoms with Gasteiger partial charge in [-0.3, -0.25) is 4.79 Å². The van der Waals surface area contributed by atoms with Gasteiger partial charge in [-0.05, 0) is 24.5 Å². The Labute approximate surface area is 113 Å². The van der Waals surface area contributed by atoms with E-state index >= 15 is 0 Å². The van der Waals surface area contributed by atoms with Gasteiger partial charge in [0.2, 0.25) is 5.43 Å². The molecule has 2 heterocycles. The van der Waals surface area contributed by atoms with Crippen LogP contribution in [0.3, 0.4) is 0 Å². The van der Waals surface area contributed by atoms with Crippen molar-refractivity contribution in [2.45, 2.75) is 5.16 Å². The van der Waals surface area contributed by atoms with Crippen molar-refractivity contribution in [3.63, 3.8) is 0 Å². The van der Waals surface area contributed by atoms with Gasteiger partial charge in [0, 0.05) is 6.20 Å². The molecule has 5 heteroatoms. The van der Waals surface area contributed by atoms with Crippen molar-refractivity contribution in [2.24, 2.45) is 0 Å². The fourth-order valence-electron chi connectivity index (χ4n) is 1.84. The monoisotopic (exact) mass is 270 g/mol. The zero-order valence-electron chi connectivity index (χ0n) is 10.2. The summed E-state index contributed by atoms with van der Waals surface area (Å²) >= 11 is 1.43. The molecule has 0 fully saturated rings. The van der Waals surface area contributed by atoms with Crippen LogP contribution in [-0.2, 0) is 0 Å². The maximum absolute atomic E-state index is 12.4. The van der Waals surface area contributed by atoms with Crippen LogP contribution >= 0.6 is 11.8 Å². The molecule has 0 saturated carbocycles. The molecular weight excluding hydrogens is 260 g/mol. The highest BCUT2D eigenvalue weighted by molar-refractivity contribution is 7.98. The summed E-state index contributed by atoms with van der Waals surface area (Å²) in [7, 11) is 0. The van der Waals surface area contributed by atoms with Crippen LogP contribution in [0.5, 0.6) is 0 Å². The van der Waals surface area contributed by atoms with Crippen molar-refractivity contribution in [1.29, 1.82) is 0 Å². The van der Waals surface area contributed by atoms with Crippen LogP contribution in [0, 0.1) is 0 Å². The second-order valence-electron chi connectivity index (χ2n) is 3.90. The fourth-order valence-corrected chi connectivity index (χ4v) is 2.20. The number of rotatable bonds is 2. The Morgan fingerprint density at radius 1 is 1.21 bits per heavy atom. The Bertz CT molecular complexity index is 799. The van der Waals surface area contributed by atoms with Crippen molar-refractivity contribution in [3.05, 3.63) is 53.0 Å². The quantitative estimate of drug-likeness (QED) is 0.529. The van der Waals surface area contributed by atoms with Gasteiger partial charge in [-0.25, -0.2) is 9.97 Å². The van der Waals surface area contributed by atoms with E-state index in [2.05, 4.69) is 9.97 Å². The van der Waals surface area contributed by atoms with Crippen LogP contribution in [0.15, 0.2) is 57.2 Å². The smallest absolute Gasteiger partial charge is 0.202 e. The molecule has 94 valence electrons. The van der Waals surface area contributed by atoms with Crippen LogP contribution in [0.2, 0.25) is 0 Å². The van der Waals surface area contributed by atoms with Crippen molar-refractivity contribution >= 4 is 22.7 Å². The van der Waals surface area contributed by atoms with E-state index in [0.29, 0.717) is 27.4 Å². The first-order valence-corrected chi connectivity index (χ1v) is 6.90. The highest BCUT2D eigenvalue weighted by atomic mass is 32.2. The number of hydrogen-bond donors (Lipinski definition) is 0. The van der Waals surface area contributed by atoms with Crippen LogP contribution in [0.25, 0.3) is 22.2 Å². The van der Waals surface area contributed by atoms with E-state index in [1.807, 2.05) is 18.4 Å². The molecule has 0 saturated heterocycles. The first-order valence-electron chi connectivity index (χ1n) is 5.67. The normalized spacial score (nSPS) is 10.8. The highest BCUT2D eigenvalue weighted by Crippen LogP contribution is 2.19. The van der Waals surface area contributed by atoms with Gasteiger partial charge in [0.1, 0.15) is 11.8 Å². The zero-order valence-corrected chi connectivity index (χ0v) is 11.0. The number of hydrogen-bond acceptors (Lipinski definition) is 5. The summed E-state index contributed by atoms with van der Waals surface area (Å²) in [5.74, 6) is 0. The molecule has 0 amide bonds. The van der Waals surface area contributed by atoms with E-state index in [-0.39, 0.29) is 5.43 Å². The Morgan fingerprint density at radius 2 is 2.05 bits per heavy atom. The lowest BCUT2D eigenvalue weighted by molar-refractivity contribution is 0.604. The van der Waals surface area contributed by atoms with Gasteiger partial charge in [-0.15, -0.1) is 0 Å². The zero-order chi connectivity index (χ0) is 13.2. The summed E-state index contributed by atoms with van der Waals surface area (Å²) in [4.78, 5) is 20.8. The number of nitrogens with zero attached hydrogens (tertiary/aromatic N) is 2. The van der Waals surface area contributed by atoms with Gasteiger partial charge in [-0.1, -0.05) is 23.9 Å². The average molecular weight is 270 g/mol. The number of para-hydroxylation sites is 1. The third kappa shape index (κ3) is 2.13. The molecule has 3 aromatic rings. The van der Waals surface area contributed by atoms with Gasteiger partial charge in [0.05, 0.1) is 16.6 Å². The molecular formula is C14H10N2O2S. The molecule has 0 N–H and O–H groups in total. The Kier molecular flexibility index (Phi) is 3.05. The molecule has 3 rings (SSSR count). The van der Waals surface area contributed by atoms with Crippen molar-refractivity contribution < 1.29 is 4.42 Å². The summed E-state index contributed by atoms with van der Waals surface area (Å²) in [6, 6.07) is 8.88. The molecule has 0 spiro atoms. The summed E-state index contributed by atoms with van der Waals surface area (Å²) in [6.07, 6.45) is 4.99. The molecule has 1 aromatic carbocycles. The lowest BCUT2D eigenvalue weighted by atomic mass is 10.1. The second-order valence-corrected chi connectivity index (χ2v) is 4.68. The molecule has 0 aliphatic rings. The lowest BCUT2D eigenvalue weighted by Crippen LogP contribution is -2.06. The first-order chi connectivity index (χ1) is 9.29. The summed E-state index contributed by atoms with van der Waals surface area (Å²) in [5, 5.41) is 1.19. The van der Waals surface area contributed by atoms with E-state index in [9.17, 15) is 4.79 Å². The fraction of sp³-hybridized carbons (Fsp3) is 0.0714. The Hall–Kier alpha value is -2.14. The molecule has 0 radical (unpaired) electrons. The molecule has 4 nitrogen and oxygen atoms in total. The molecule has 0 bridgehead atoms. The van der Waals surface area contributed by atoms with E-state index in [1.165, 1.54) is 18.0 Å². The maximum atomic E-state index is 12.4. The van der Waals surface area contributed by atoms with Gasteiger partial charge in [0.25, 0.3) is 0 Å². The van der Waals surface area contributed by atoms with E-state index < -0.39 is 0 Å². The van der Waals surface area contributed by atoms with Gasteiger partial charge in [-0.2, -0.15) is 0 Å². The van der Waals surface area contributed by atoms with E-state index in [1.54, 1.807) is 24.4 Å². The van der Waals surface area contributed by atoms with Crippen molar-refractivity contribution in [2.75, 3.05) is 6.26 Å². The minimum absolute atomic E-state index is 0.0763. The van der Waals surface area contributed by atoms with E-state index in [4.69, 9.17) is 4.42 Å². The summed E-state index contributed by atoms with van der Waals surface area (Å²) < 4.78 is 5.48. The van der Waals surface area contributed by atoms with Crippen molar-refractivity contribution in [3.8, 4) is 11.3 Å². The minimum atomic E-state index is -0.0763. The summed E-state index contributed by atoms with van der Waals surface area (Å²) in [5.41, 5.74) is 1.54. The highest BCUT2D eigenvalue weighted by Gasteiger charge is 2.10. The van der Waals surface area contributed by atoms with E-state index in [0.717, 1.165) is 0 Å². The number of thioether (sulfide) groups is 1. The maximum Gasteiger partial charge on any atom is 0.202 e. The number of fused-ring (bicyclic) bond motifs is 1. The molecule has 2 aromatic heterocycles. The second kappa shape index (κ2) is 4.85. The Balaban J connectivity index is 2.25. The van der Waals surface area contributed by atoms with Crippen molar-refractivity contribution in [1.82, 2.24) is 9.97 Å². The molecule has 0 aliphatic carbocycles. The van der Waals surface area contributed by atoms with Gasteiger partial charge >= 0.3 is 0 Å².